The molecule has 0 saturated carbocycles. The fourth-order valence-electron chi connectivity index (χ4n) is 5.48. The molecule has 1 heteroatoms. The van der Waals surface area contributed by atoms with Crippen LogP contribution < -0.4 is 4.74 Å². The number of rotatable bonds is 4. The standard InChI is InChI=1S/C32H24O/c1-4-14-24(15-5-1)32(25-16-6-2-7-17-25,26-18-8-3-9-19-26)31-27-20-10-12-22-29(27)33-30-23-13-11-21-28(30)31/h1-23,31H. The summed E-state index contributed by atoms with van der Waals surface area (Å²) in [6, 6.07) is 49.7. The zero-order valence-electron chi connectivity index (χ0n) is 18.3. The Kier molecular flexibility index (Phi) is 4.81. The van der Waals surface area contributed by atoms with Gasteiger partial charge in [-0.2, -0.15) is 0 Å². The van der Waals surface area contributed by atoms with Crippen molar-refractivity contribution in [3.63, 3.8) is 0 Å². The minimum atomic E-state index is -0.445. The van der Waals surface area contributed by atoms with Crippen LogP contribution in [0.2, 0.25) is 0 Å². The third-order valence-electron chi connectivity index (χ3n) is 6.80. The molecule has 0 aliphatic carbocycles. The molecular weight excluding hydrogens is 400 g/mol. The summed E-state index contributed by atoms with van der Waals surface area (Å²) >= 11 is 0. The molecule has 0 aromatic heterocycles. The molecule has 0 N–H and O–H groups in total. The molecule has 6 rings (SSSR count). The number of hydrogen-bond donors (Lipinski definition) is 0. The Bertz CT molecular complexity index is 1230. The number of para-hydroxylation sites is 2. The van der Waals surface area contributed by atoms with Crippen LogP contribution in [-0.2, 0) is 5.41 Å². The van der Waals surface area contributed by atoms with E-state index in [1.54, 1.807) is 0 Å². The first-order valence-electron chi connectivity index (χ1n) is 11.4. The fraction of sp³-hybridized carbons (Fsp3) is 0.0625. The molecule has 1 aliphatic heterocycles. The number of fused-ring (bicyclic) bond motifs is 2. The van der Waals surface area contributed by atoms with Gasteiger partial charge in [0.1, 0.15) is 11.5 Å². The van der Waals surface area contributed by atoms with Crippen LogP contribution in [0.15, 0.2) is 140 Å². The molecule has 0 saturated heterocycles. The molecule has 0 amide bonds. The van der Waals surface area contributed by atoms with Crippen molar-refractivity contribution in [3.8, 4) is 11.5 Å². The molecule has 1 heterocycles. The third kappa shape index (κ3) is 3.08. The molecule has 0 atom stereocenters. The predicted molar refractivity (Wildman–Crippen MR) is 134 cm³/mol. The van der Waals surface area contributed by atoms with Gasteiger partial charge in [0.2, 0.25) is 0 Å². The zero-order valence-corrected chi connectivity index (χ0v) is 18.3. The molecule has 0 bridgehead atoms. The number of hydrogen-bond acceptors (Lipinski definition) is 1. The fourth-order valence-corrected chi connectivity index (χ4v) is 5.48. The first-order valence-corrected chi connectivity index (χ1v) is 11.4. The Morgan fingerprint density at radius 1 is 0.394 bits per heavy atom. The van der Waals surface area contributed by atoms with Crippen LogP contribution in [0.5, 0.6) is 11.5 Å². The Labute approximate surface area is 194 Å². The SMILES string of the molecule is c1ccc(C(c2ccccc2)(c2ccccc2)C2c3ccccc3Oc3ccccc32)cc1. The Hall–Kier alpha value is -4.10. The second-order valence-electron chi connectivity index (χ2n) is 8.52. The number of ether oxygens (including phenoxy) is 1. The first-order chi connectivity index (χ1) is 16.4. The average Bonchev–Trinajstić information content (AvgIpc) is 2.90. The van der Waals surface area contributed by atoms with Gasteiger partial charge >= 0.3 is 0 Å². The third-order valence-corrected chi connectivity index (χ3v) is 6.80. The smallest absolute Gasteiger partial charge is 0.131 e. The van der Waals surface area contributed by atoms with Gasteiger partial charge in [-0.3, -0.25) is 0 Å². The monoisotopic (exact) mass is 424 g/mol. The molecule has 1 nitrogen and oxygen atoms in total. The summed E-state index contributed by atoms with van der Waals surface area (Å²) in [6.07, 6.45) is 0. The van der Waals surface area contributed by atoms with E-state index >= 15 is 0 Å². The largest absolute Gasteiger partial charge is 0.457 e. The highest BCUT2D eigenvalue weighted by Crippen LogP contribution is 2.58. The van der Waals surface area contributed by atoms with E-state index in [9.17, 15) is 0 Å². The second kappa shape index (κ2) is 8.11. The number of benzene rings is 5. The molecule has 0 spiro atoms. The molecule has 5 aromatic rings. The van der Waals surface area contributed by atoms with Crippen molar-refractivity contribution in [2.45, 2.75) is 11.3 Å². The van der Waals surface area contributed by atoms with Gasteiger partial charge in [0.15, 0.2) is 0 Å². The summed E-state index contributed by atoms with van der Waals surface area (Å²) in [5.74, 6) is 1.88. The van der Waals surface area contributed by atoms with Crippen LogP contribution >= 0.6 is 0 Å². The summed E-state index contributed by atoms with van der Waals surface area (Å²) in [4.78, 5) is 0. The lowest BCUT2D eigenvalue weighted by atomic mass is 9.57. The molecule has 158 valence electrons. The summed E-state index contributed by atoms with van der Waals surface area (Å²) in [5.41, 5.74) is 5.75. The van der Waals surface area contributed by atoms with Crippen LogP contribution in [0.1, 0.15) is 33.7 Å². The van der Waals surface area contributed by atoms with E-state index in [-0.39, 0.29) is 5.92 Å². The Balaban J connectivity index is 1.79. The molecule has 5 aromatic carbocycles. The van der Waals surface area contributed by atoms with Crippen LogP contribution in [0.25, 0.3) is 0 Å². The predicted octanol–water partition coefficient (Wildman–Crippen LogP) is 7.96. The van der Waals surface area contributed by atoms with Crippen molar-refractivity contribution in [1.82, 2.24) is 0 Å². The van der Waals surface area contributed by atoms with Crippen molar-refractivity contribution in [1.29, 1.82) is 0 Å². The van der Waals surface area contributed by atoms with Crippen molar-refractivity contribution in [2.75, 3.05) is 0 Å². The highest BCUT2D eigenvalue weighted by molar-refractivity contribution is 5.64. The summed E-state index contributed by atoms with van der Waals surface area (Å²) in [5, 5.41) is 0. The lowest BCUT2D eigenvalue weighted by Crippen LogP contribution is -2.38. The van der Waals surface area contributed by atoms with Crippen LogP contribution in [0.3, 0.4) is 0 Å². The molecule has 0 fully saturated rings. The van der Waals surface area contributed by atoms with Gasteiger partial charge in [0.05, 0.1) is 5.41 Å². The van der Waals surface area contributed by atoms with E-state index in [4.69, 9.17) is 4.74 Å². The highest BCUT2D eigenvalue weighted by Gasteiger charge is 2.48. The van der Waals surface area contributed by atoms with E-state index in [2.05, 4.69) is 140 Å². The van der Waals surface area contributed by atoms with Crippen LogP contribution in [0.4, 0.5) is 0 Å². The maximum atomic E-state index is 6.41. The minimum Gasteiger partial charge on any atom is -0.457 e. The van der Waals surface area contributed by atoms with Crippen LogP contribution in [0, 0.1) is 0 Å². The topological polar surface area (TPSA) is 9.23 Å². The zero-order chi connectivity index (χ0) is 22.1. The van der Waals surface area contributed by atoms with Crippen LogP contribution in [-0.4, -0.2) is 0 Å². The Morgan fingerprint density at radius 2 is 0.727 bits per heavy atom. The molecule has 33 heavy (non-hydrogen) atoms. The van der Waals surface area contributed by atoms with Crippen molar-refractivity contribution in [2.24, 2.45) is 0 Å². The van der Waals surface area contributed by atoms with Gasteiger partial charge in [-0.15, -0.1) is 0 Å². The normalized spacial score (nSPS) is 13.0. The van der Waals surface area contributed by atoms with Gasteiger partial charge in [0, 0.05) is 17.0 Å². The van der Waals surface area contributed by atoms with E-state index in [0.717, 1.165) is 11.5 Å². The maximum absolute atomic E-state index is 6.41. The molecule has 0 unspecified atom stereocenters. The van der Waals surface area contributed by atoms with Crippen molar-refractivity contribution >= 4 is 0 Å². The second-order valence-corrected chi connectivity index (χ2v) is 8.52. The highest BCUT2D eigenvalue weighted by atomic mass is 16.5. The lowest BCUT2D eigenvalue weighted by Gasteiger charge is -2.45. The van der Waals surface area contributed by atoms with E-state index < -0.39 is 5.41 Å². The Morgan fingerprint density at radius 3 is 1.12 bits per heavy atom. The molecule has 1 aliphatic rings. The molecular formula is C32H24O. The minimum absolute atomic E-state index is 0.0332. The van der Waals surface area contributed by atoms with Gasteiger partial charge in [-0.25, -0.2) is 0 Å². The van der Waals surface area contributed by atoms with E-state index in [1.165, 1.54) is 27.8 Å². The first kappa shape index (κ1) is 19.6. The summed E-state index contributed by atoms with van der Waals surface area (Å²) in [6.45, 7) is 0. The molecule has 0 radical (unpaired) electrons. The average molecular weight is 425 g/mol. The van der Waals surface area contributed by atoms with E-state index in [0.29, 0.717) is 0 Å². The van der Waals surface area contributed by atoms with Gasteiger partial charge < -0.3 is 4.74 Å². The van der Waals surface area contributed by atoms with Gasteiger partial charge in [-0.05, 0) is 28.8 Å². The summed E-state index contributed by atoms with van der Waals surface area (Å²) < 4.78 is 6.41. The van der Waals surface area contributed by atoms with Crippen molar-refractivity contribution < 1.29 is 4.74 Å². The quantitative estimate of drug-likeness (QED) is 0.266. The maximum Gasteiger partial charge on any atom is 0.131 e. The van der Waals surface area contributed by atoms with Gasteiger partial charge in [-0.1, -0.05) is 127 Å². The summed E-state index contributed by atoms with van der Waals surface area (Å²) in [7, 11) is 0. The van der Waals surface area contributed by atoms with Crippen molar-refractivity contribution in [3.05, 3.63) is 167 Å². The van der Waals surface area contributed by atoms with E-state index in [1.807, 2.05) is 0 Å². The van der Waals surface area contributed by atoms with Gasteiger partial charge in [0.25, 0.3) is 0 Å². The lowest BCUT2D eigenvalue weighted by molar-refractivity contribution is 0.414.